The predicted molar refractivity (Wildman–Crippen MR) is 61.2 cm³/mol. The number of guanidine groups is 1. The molecule has 15 heavy (non-hydrogen) atoms. The van der Waals surface area contributed by atoms with E-state index in [1.807, 2.05) is 6.92 Å². The molecule has 0 saturated heterocycles. The van der Waals surface area contributed by atoms with Gasteiger partial charge in [0, 0.05) is 0 Å². The standard InChI is InChI=1S/C8H15N7/c1-4-5-11-8(10-3)15-7(6(2)9)12-13-14-15/h4,6,13-14H,1,3,5,9H2,2H3/b11-8+. The fourth-order valence-corrected chi connectivity index (χ4v) is 1.04. The molecular weight excluding hydrogens is 194 g/mol. The van der Waals surface area contributed by atoms with Crippen LogP contribution >= 0.6 is 0 Å². The minimum atomic E-state index is -0.233. The highest BCUT2D eigenvalue weighted by Gasteiger charge is 2.24. The van der Waals surface area contributed by atoms with E-state index in [4.69, 9.17) is 5.73 Å². The molecule has 0 amide bonds. The van der Waals surface area contributed by atoms with Crippen LogP contribution in [0.4, 0.5) is 0 Å². The highest BCUT2D eigenvalue weighted by atomic mass is 15.8. The average molecular weight is 209 g/mol. The van der Waals surface area contributed by atoms with E-state index in [1.54, 1.807) is 11.1 Å². The van der Waals surface area contributed by atoms with Gasteiger partial charge in [0.15, 0.2) is 5.84 Å². The number of nitrogens with two attached hydrogens (primary N) is 1. The minimum Gasteiger partial charge on any atom is -0.322 e. The van der Waals surface area contributed by atoms with Crippen molar-refractivity contribution in [3.05, 3.63) is 12.7 Å². The van der Waals surface area contributed by atoms with Crippen LogP contribution in [0, 0.1) is 0 Å². The highest BCUT2D eigenvalue weighted by molar-refractivity contribution is 6.03. The number of amidine groups is 1. The monoisotopic (exact) mass is 209 g/mol. The first-order valence-corrected chi connectivity index (χ1v) is 4.46. The maximum absolute atomic E-state index is 5.72. The summed E-state index contributed by atoms with van der Waals surface area (Å²) in [5.41, 5.74) is 11.1. The zero-order valence-corrected chi connectivity index (χ0v) is 8.64. The van der Waals surface area contributed by atoms with Gasteiger partial charge in [-0.3, -0.25) is 0 Å². The lowest BCUT2D eigenvalue weighted by molar-refractivity contribution is 0.405. The van der Waals surface area contributed by atoms with Gasteiger partial charge in [0.1, 0.15) is 0 Å². The molecule has 0 aliphatic carbocycles. The van der Waals surface area contributed by atoms with Crippen LogP contribution in [0.2, 0.25) is 0 Å². The molecule has 82 valence electrons. The first kappa shape index (κ1) is 11.3. The Balaban J connectivity index is 2.81. The van der Waals surface area contributed by atoms with Gasteiger partial charge >= 0.3 is 0 Å². The summed E-state index contributed by atoms with van der Waals surface area (Å²) < 4.78 is 0. The summed E-state index contributed by atoms with van der Waals surface area (Å²) in [4.78, 5) is 7.91. The lowest BCUT2D eigenvalue weighted by atomic mass is 10.3. The molecule has 0 fully saturated rings. The van der Waals surface area contributed by atoms with Crippen LogP contribution in [0.25, 0.3) is 0 Å². The summed E-state index contributed by atoms with van der Waals surface area (Å²) in [6.07, 6.45) is 1.66. The summed E-state index contributed by atoms with van der Waals surface area (Å²) in [6.45, 7) is 9.27. The molecule has 7 heteroatoms. The van der Waals surface area contributed by atoms with E-state index in [0.717, 1.165) is 0 Å². The van der Waals surface area contributed by atoms with E-state index in [9.17, 15) is 0 Å². The van der Waals surface area contributed by atoms with Crippen molar-refractivity contribution in [2.75, 3.05) is 6.54 Å². The third-order valence-electron chi connectivity index (χ3n) is 1.67. The number of nitrogens with zero attached hydrogens (tertiary/aromatic N) is 4. The van der Waals surface area contributed by atoms with Crippen molar-refractivity contribution in [3.63, 3.8) is 0 Å². The molecule has 1 atom stereocenters. The number of hydrazine groups is 2. The molecule has 0 radical (unpaired) electrons. The maximum atomic E-state index is 5.72. The van der Waals surface area contributed by atoms with Gasteiger partial charge in [-0.2, -0.15) is 0 Å². The van der Waals surface area contributed by atoms with Gasteiger partial charge in [-0.25, -0.2) is 20.5 Å². The van der Waals surface area contributed by atoms with Gasteiger partial charge < -0.3 is 5.73 Å². The number of nitrogens with one attached hydrogen (secondary N) is 2. The van der Waals surface area contributed by atoms with E-state index in [0.29, 0.717) is 18.3 Å². The SMILES string of the molecule is C=CC/N=C(\N=C)N1NNN=C1C(C)N. The third kappa shape index (κ3) is 2.61. The van der Waals surface area contributed by atoms with Crippen LogP contribution in [-0.2, 0) is 0 Å². The summed E-state index contributed by atoms with van der Waals surface area (Å²) in [7, 11) is 0. The van der Waals surface area contributed by atoms with Crippen molar-refractivity contribution in [1.29, 1.82) is 0 Å². The topological polar surface area (TPSA) is 90.4 Å². The number of hydrazone groups is 1. The van der Waals surface area contributed by atoms with E-state index in [-0.39, 0.29) is 6.04 Å². The third-order valence-corrected chi connectivity index (χ3v) is 1.67. The summed E-state index contributed by atoms with van der Waals surface area (Å²) in [5.74, 6) is 1.00. The zero-order valence-electron chi connectivity index (χ0n) is 8.64. The number of hydrogen-bond donors (Lipinski definition) is 3. The summed E-state index contributed by atoms with van der Waals surface area (Å²) in [6, 6.07) is -0.233. The zero-order chi connectivity index (χ0) is 11.3. The fourth-order valence-electron chi connectivity index (χ4n) is 1.04. The Labute approximate surface area is 88.4 Å². The first-order chi connectivity index (χ1) is 7.20. The van der Waals surface area contributed by atoms with Crippen LogP contribution in [0.3, 0.4) is 0 Å². The van der Waals surface area contributed by atoms with E-state index >= 15 is 0 Å². The molecule has 1 rings (SSSR count). The Kier molecular flexibility index (Phi) is 3.95. The summed E-state index contributed by atoms with van der Waals surface area (Å²) >= 11 is 0. The van der Waals surface area contributed by atoms with Crippen molar-refractivity contribution in [1.82, 2.24) is 16.1 Å². The second kappa shape index (κ2) is 5.23. The molecule has 1 aliphatic heterocycles. The quantitative estimate of drug-likeness (QED) is 0.323. The Morgan fingerprint density at radius 3 is 3.07 bits per heavy atom. The molecule has 0 aromatic heterocycles. The van der Waals surface area contributed by atoms with Gasteiger partial charge in [-0.15, -0.1) is 17.2 Å². The highest BCUT2D eigenvalue weighted by Crippen LogP contribution is 2.00. The molecule has 0 saturated carbocycles. The lowest BCUT2D eigenvalue weighted by Gasteiger charge is -2.18. The average Bonchev–Trinajstić information content (AvgIpc) is 2.68. The molecule has 1 aliphatic rings. The van der Waals surface area contributed by atoms with Gasteiger partial charge in [0.25, 0.3) is 0 Å². The van der Waals surface area contributed by atoms with Crippen LogP contribution in [-0.4, -0.2) is 36.1 Å². The molecule has 4 N–H and O–H groups in total. The molecule has 1 heterocycles. The Hall–Kier alpha value is -1.73. The largest absolute Gasteiger partial charge is 0.322 e. The van der Waals surface area contributed by atoms with Crippen LogP contribution in [0.1, 0.15) is 6.92 Å². The Bertz CT molecular complexity index is 304. The lowest BCUT2D eigenvalue weighted by Crippen LogP contribution is -2.49. The predicted octanol–water partition coefficient (Wildman–Crippen LogP) is -0.785. The van der Waals surface area contributed by atoms with Crippen molar-refractivity contribution in [2.45, 2.75) is 13.0 Å². The molecule has 0 aromatic carbocycles. The van der Waals surface area contributed by atoms with Crippen LogP contribution < -0.4 is 16.8 Å². The van der Waals surface area contributed by atoms with Crippen molar-refractivity contribution < 1.29 is 0 Å². The van der Waals surface area contributed by atoms with Crippen LogP contribution in [0.5, 0.6) is 0 Å². The second-order valence-corrected chi connectivity index (χ2v) is 2.91. The van der Waals surface area contributed by atoms with Gasteiger partial charge in [-0.05, 0) is 13.6 Å². The van der Waals surface area contributed by atoms with Crippen LogP contribution in [0.15, 0.2) is 27.7 Å². The van der Waals surface area contributed by atoms with Gasteiger partial charge in [0.2, 0.25) is 5.96 Å². The second-order valence-electron chi connectivity index (χ2n) is 2.91. The maximum Gasteiger partial charge on any atom is 0.242 e. The van der Waals surface area contributed by atoms with E-state index < -0.39 is 0 Å². The number of hydrogen-bond acceptors (Lipinski definition) is 5. The normalized spacial score (nSPS) is 18.1. The molecule has 0 aromatic rings. The minimum absolute atomic E-state index is 0.233. The van der Waals surface area contributed by atoms with Crippen molar-refractivity contribution >= 4 is 18.5 Å². The molecule has 0 bridgehead atoms. The number of rotatable bonds is 3. The smallest absolute Gasteiger partial charge is 0.242 e. The Morgan fingerprint density at radius 2 is 2.53 bits per heavy atom. The van der Waals surface area contributed by atoms with Gasteiger partial charge in [0.05, 0.1) is 12.6 Å². The van der Waals surface area contributed by atoms with Crippen molar-refractivity contribution in [3.8, 4) is 0 Å². The van der Waals surface area contributed by atoms with Crippen molar-refractivity contribution in [2.24, 2.45) is 20.8 Å². The first-order valence-electron chi connectivity index (χ1n) is 4.46. The van der Waals surface area contributed by atoms with E-state index in [2.05, 4.69) is 39.5 Å². The Morgan fingerprint density at radius 1 is 1.80 bits per heavy atom. The van der Waals surface area contributed by atoms with Gasteiger partial charge in [-0.1, -0.05) is 6.08 Å². The molecule has 0 spiro atoms. The summed E-state index contributed by atoms with van der Waals surface area (Å²) in [5, 5.41) is 5.50. The molecule has 1 unspecified atom stereocenters. The van der Waals surface area contributed by atoms with E-state index in [1.165, 1.54) is 0 Å². The fraction of sp³-hybridized carbons (Fsp3) is 0.375. The molecule has 7 nitrogen and oxygen atoms in total. The molecular formula is C8H15N7. The number of aliphatic imine (C=N–C) groups is 2.